The second-order valence-electron chi connectivity index (χ2n) is 4.19. The molecule has 2 aromatic carbocycles. The summed E-state index contributed by atoms with van der Waals surface area (Å²) in [7, 11) is 0. The molecule has 0 bridgehead atoms. The summed E-state index contributed by atoms with van der Waals surface area (Å²) < 4.78 is 40.4. The Balaban J connectivity index is 2.52. The monoisotopic (exact) mass is 286 g/mol. The first kappa shape index (κ1) is 13.9. The fourth-order valence-electron chi connectivity index (χ4n) is 1.78. The lowest BCUT2D eigenvalue weighted by Gasteiger charge is -2.14. The van der Waals surface area contributed by atoms with E-state index in [0.717, 1.165) is 12.1 Å². The number of rotatable bonds is 2. The van der Waals surface area contributed by atoms with E-state index in [-0.39, 0.29) is 21.7 Å². The van der Waals surface area contributed by atoms with E-state index in [9.17, 15) is 18.3 Å². The van der Waals surface area contributed by atoms with Gasteiger partial charge in [0.2, 0.25) is 0 Å². The Kier molecular flexibility index (Phi) is 3.83. The zero-order valence-electron chi connectivity index (χ0n) is 9.92. The molecule has 2 aromatic rings. The van der Waals surface area contributed by atoms with E-state index in [1.165, 1.54) is 19.1 Å². The molecule has 0 heterocycles. The normalized spacial score (nSPS) is 12.5. The first-order valence-electron chi connectivity index (χ1n) is 5.48. The molecule has 0 fully saturated rings. The summed E-state index contributed by atoms with van der Waals surface area (Å²) in [5, 5.41) is 10.2. The van der Waals surface area contributed by atoms with Gasteiger partial charge in [0.15, 0.2) is 0 Å². The van der Waals surface area contributed by atoms with Crippen LogP contribution >= 0.6 is 11.6 Å². The molecule has 1 unspecified atom stereocenters. The minimum absolute atomic E-state index is 0.155. The van der Waals surface area contributed by atoms with Crippen LogP contribution in [0.5, 0.6) is 0 Å². The predicted octanol–water partition coefficient (Wildman–Crippen LogP) is 4.15. The van der Waals surface area contributed by atoms with Crippen molar-refractivity contribution in [2.24, 2.45) is 0 Å². The van der Waals surface area contributed by atoms with E-state index >= 15 is 0 Å². The van der Waals surface area contributed by atoms with E-state index in [2.05, 4.69) is 0 Å². The van der Waals surface area contributed by atoms with E-state index in [1.54, 1.807) is 0 Å². The average Bonchev–Trinajstić information content (AvgIpc) is 2.36. The summed E-state index contributed by atoms with van der Waals surface area (Å²) in [4.78, 5) is 0. The van der Waals surface area contributed by atoms with Crippen molar-refractivity contribution in [3.8, 4) is 0 Å². The Labute approximate surface area is 113 Å². The molecule has 0 aliphatic carbocycles. The van der Waals surface area contributed by atoms with Crippen molar-refractivity contribution >= 4 is 11.6 Å². The average molecular weight is 287 g/mol. The summed E-state index contributed by atoms with van der Waals surface area (Å²) >= 11 is 5.71. The third-order valence-electron chi connectivity index (χ3n) is 2.83. The molecule has 1 atom stereocenters. The standard InChI is InChI=1S/C14H10ClF3O/c1-7-4-9(13(18)6-12(7)17)14(19)10-5-8(15)2-3-11(10)16/h2-6,14,19H,1H3. The Bertz CT molecular complexity index is 628. The highest BCUT2D eigenvalue weighted by Gasteiger charge is 2.20. The van der Waals surface area contributed by atoms with Crippen LogP contribution in [0.15, 0.2) is 30.3 Å². The molecule has 1 N–H and O–H groups in total. The molecular weight excluding hydrogens is 277 g/mol. The lowest BCUT2D eigenvalue weighted by Crippen LogP contribution is -2.06. The number of aliphatic hydroxyl groups excluding tert-OH is 1. The van der Waals surface area contributed by atoms with Crippen molar-refractivity contribution < 1.29 is 18.3 Å². The molecule has 19 heavy (non-hydrogen) atoms. The SMILES string of the molecule is Cc1cc(C(O)c2cc(Cl)ccc2F)c(F)cc1F. The van der Waals surface area contributed by atoms with Crippen LogP contribution in [0.25, 0.3) is 0 Å². The van der Waals surface area contributed by atoms with Crippen molar-refractivity contribution in [1.82, 2.24) is 0 Å². The molecule has 0 aromatic heterocycles. The molecule has 5 heteroatoms. The van der Waals surface area contributed by atoms with Crippen molar-refractivity contribution in [2.75, 3.05) is 0 Å². The minimum Gasteiger partial charge on any atom is -0.383 e. The second-order valence-corrected chi connectivity index (χ2v) is 4.63. The summed E-state index contributed by atoms with van der Waals surface area (Å²) in [5.74, 6) is -2.37. The van der Waals surface area contributed by atoms with Gasteiger partial charge in [0.25, 0.3) is 0 Å². The van der Waals surface area contributed by atoms with E-state index in [0.29, 0.717) is 6.07 Å². The largest absolute Gasteiger partial charge is 0.383 e. The number of benzene rings is 2. The minimum atomic E-state index is -1.54. The van der Waals surface area contributed by atoms with Crippen LogP contribution in [-0.4, -0.2) is 5.11 Å². The second kappa shape index (κ2) is 5.23. The smallest absolute Gasteiger partial charge is 0.132 e. The van der Waals surface area contributed by atoms with E-state index < -0.39 is 23.6 Å². The van der Waals surface area contributed by atoms with Gasteiger partial charge in [0, 0.05) is 22.2 Å². The highest BCUT2D eigenvalue weighted by atomic mass is 35.5. The third kappa shape index (κ3) is 2.74. The van der Waals surface area contributed by atoms with Gasteiger partial charge in [-0.1, -0.05) is 11.6 Å². The lowest BCUT2D eigenvalue weighted by molar-refractivity contribution is 0.209. The Morgan fingerprint density at radius 1 is 0.947 bits per heavy atom. The van der Waals surface area contributed by atoms with Crippen LogP contribution < -0.4 is 0 Å². The van der Waals surface area contributed by atoms with Gasteiger partial charge < -0.3 is 5.11 Å². The molecule has 0 saturated carbocycles. The molecular formula is C14H10ClF3O. The van der Waals surface area contributed by atoms with E-state index in [1.807, 2.05) is 0 Å². The number of aliphatic hydroxyl groups is 1. The van der Waals surface area contributed by atoms with Crippen LogP contribution in [0.3, 0.4) is 0 Å². The molecule has 0 aliphatic heterocycles. The molecule has 1 nitrogen and oxygen atoms in total. The van der Waals surface area contributed by atoms with Gasteiger partial charge in [-0.05, 0) is 36.8 Å². The number of aryl methyl sites for hydroxylation is 1. The van der Waals surface area contributed by atoms with Gasteiger partial charge in [-0.15, -0.1) is 0 Å². The fourth-order valence-corrected chi connectivity index (χ4v) is 1.96. The first-order valence-corrected chi connectivity index (χ1v) is 5.86. The molecule has 0 spiro atoms. The van der Waals surface area contributed by atoms with Crippen molar-refractivity contribution in [3.63, 3.8) is 0 Å². The Morgan fingerprint density at radius 3 is 2.26 bits per heavy atom. The van der Waals surface area contributed by atoms with Gasteiger partial charge >= 0.3 is 0 Å². The van der Waals surface area contributed by atoms with Crippen LogP contribution in [0.1, 0.15) is 22.8 Å². The molecule has 0 saturated heterocycles. The van der Waals surface area contributed by atoms with Crippen LogP contribution in [0.2, 0.25) is 5.02 Å². The van der Waals surface area contributed by atoms with Gasteiger partial charge in [0.05, 0.1) is 0 Å². The van der Waals surface area contributed by atoms with Crippen LogP contribution in [0.4, 0.5) is 13.2 Å². The highest BCUT2D eigenvalue weighted by Crippen LogP contribution is 2.29. The summed E-state index contributed by atoms with van der Waals surface area (Å²) in [6.45, 7) is 1.43. The zero-order valence-corrected chi connectivity index (χ0v) is 10.7. The maximum absolute atomic E-state index is 13.6. The van der Waals surface area contributed by atoms with Crippen molar-refractivity contribution in [1.29, 1.82) is 0 Å². The summed E-state index contributed by atoms with van der Waals surface area (Å²) in [6.07, 6.45) is -1.54. The van der Waals surface area contributed by atoms with Crippen molar-refractivity contribution in [2.45, 2.75) is 13.0 Å². The molecule has 0 radical (unpaired) electrons. The van der Waals surface area contributed by atoms with Gasteiger partial charge in [0.1, 0.15) is 23.6 Å². The van der Waals surface area contributed by atoms with Crippen molar-refractivity contribution in [3.05, 3.63) is 69.5 Å². The summed E-state index contributed by atoms with van der Waals surface area (Å²) in [6, 6.07) is 5.42. The molecule has 2 rings (SSSR count). The number of hydrogen-bond acceptors (Lipinski definition) is 1. The quantitative estimate of drug-likeness (QED) is 0.879. The lowest BCUT2D eigenvalue weighted by atomic mass is 9.99. The van der Waals surface area contributed by atoms with Gasteiger partial charge in [-0.2, -0.15) is 0 Å². The zero-order chi connectivity index (χ0) is 14.2. The highest BCUT2D eigenvalue weighted by molar-refractivity contribution is 6.30. The van der Waals surface area contributed by atoms with Gasteiger partial charge in [-0.3, -0.25) is 0 Å². The molecule has 0 amide bonds. The topological polar surface area (TPSA) is 20.2 Å². The Morgan fingerprint density at radius 2 is 1.58 bits per heavy atom. The van der Waals surface area contributed by atoms with Crippen LogP contribution in [-0.2, 0) is 0 Å². The number of halogens is 4. The van der Waals surface area contributed by atoms with E-state index in [4.69, 9.17) is 11.6 Å². The summed E-state index contributed by atoms with van der Waals surface area (Å²) in [5.41, 5.74) is -0.185. The molecule has 0 aliphatic rings. The van der Waals surface area contributed by atoms with Crippen LogP contribution in [0, 0.1) is 24.4 Å². The maximum Gasteiger partial charge on any atom is 0.132 e. The first-order chi connectivity index (χ1) is 8.90. The number of hydrogen-bond donors (Lipinski definition) is 1. The predicted molar refractivity (Wildman–Crippen MR) is 66.6 cm³/mol. The maximum atomic E-state index is 13.6. The molecule has 100 valence electrons. The third-order valence-corrected chi connectivity index (χ3v) is 3.06. The van der Waals surface area contributed by atoms with Gasteiger partial charge in [-0.25, -0.2) is 13.2 Å². The fraction of sp³-hybridized carbons (Fsp3) is 0.143. The Hall–Kier alpha value is -1.52.